The smallest absolute Gasteiger partial charge is 0.418 e. The molecule has 0 bridgehead atoms. The van der Waals surface area contributed by atoms with Crippen molar-refractivity contribution in [3.63, 3.8) is 0 Å². The Morgan fingerprint density at radius 1 is 0.961 bits per heavy atom. The lowest BCUT2D eigenvalue weighted by atomic mass is 9.95. The second-order valence-corrected chi connectivity index (χ2v) is 14.4. The number of ether oxygens (including phenoxy) is 1. The Morgan fingerprint density at radius 2 is 1.65 bits per heavy atom. The molecule has 51 heavy (non-hydrogen) atoms. The van der Waals surface area contributed by atoms with Gasteiger partial charge in [0.15, 0.2) is 6.10 Å². The molecule has 0 unspecified atom stereocenters. The first-order valence-electron chi connectivity index (χ1n) is 17.8. The van der Waals surface area contributed by atoms with Crippen LogP contribution in [0, 0.1) is 0 Å². The Labute approximate surface area is 300 Å². The van der Waals surface area contributed by atoms with Crippen molar-refractivity contribution in [3.05, 3.63) is 58.1 Å². The Bertz CT molecular complexity index is 1580. The Balaban J connectivity index is 1.13. The van der Waals surface area contributed by atoms with Crippen LogP contribution in [0.2, 0.25) is 5.02 Å². The molecule has 3 fully saturated rings. The lowest BCUT2D eigenvalue weighted by Gasteiger charge is -2.44. The molecule has 4 heterocycles. The van der Waals surface area contributed by atoms with Crippen LogP contribution < -0.4 is 11.1 Å². The number of halogens is 4. The zero-order valence-corrected chi connectivity index (χ0v) is 29.3. The number of aliphatic hydroxyl groups excluding tert-OH is 1. The van der Waals surface area contributed by atoms with Gasteiger partial charge in [0, 0.05) is 63.0 Å². The summed E-state index contributed by atoms with van der Waals surface area (Å²) in [4.78, 5) is 47.9. The van der Waals surface area contributed by atoms with Gasteiger partial charge in [-0.15, -0.1) is 0 Å². The average Bonchev–Trinajstić information content (AvgIpc) is 3.30. The highest BCUT2D eigenvalue weighted by Crippen LogP contribution is 2.38. The summed E-state index contributed by atoms with van der Waals surface area (Å²) in [5.74, 6) is -0.489. The van der Waals surface area contributed by atoms with Gasteiger partial charge in [0.25, 0.3) is 5.91 Å². The SMILES string of the molecule is Nc1c(Cl)cc(C[C@@H](OC(=O)N2CCC(N3CCc4ccccc4NC3=O)CC2)C(=O)N2CCC(N3CCCC[C@H]3CO)CC2)cc1C(F)(F)F. The molecule has 2 atom stereocenters. The summed E-state index contributed by atoms with van der Waals surface area (Å²) in [5, 5.41) is 12.6. The Morgan fingerprint density at radius 3 is 2.35 bits per heavy atom. The van der Waals surface area contributed by atoms with Gasteiger partial charge in [0.05, 0.1) is 22.9 Å². The normalized spacial score (nSPS) is 21.9. The lowest BCUT2D eigenvalue weighted by Crippen LogP contribution is -2.55. The van der Waals surface area contributed by atoms with Gasteiger partial charge in [0.2, 0.25) is 0 Å². The molecule has 0 aliphatic carbocycles. The summed E-state index contributed by atoms with van der Waals surface area (Å²) in [6, 6.07) is 9.78. The molecule has 11 nitrogen and oxygen atoms in total. The fourth-order valence-corrected chi connectivity index (χ4v) is 8.28. The third-order valence-electron chi connectivity index (χ3n) is 10.9. The molecule has 0 radical (unpaired) electrons. The van der Waals surface area contributed by atoms with Gasteiger partial charge in [-0.3, -0.25) is 9.69 Å². The van der Waals surface area contributed by atoms with E-state index in [1.54, 1.807) is 9.80 Å². The lowest BCUT2D eigenvalue weighted by molar-refractivity contribution is -0.142. The molecule has 2 aromatic carbocycles. The van der Waals surface area contributed by atoms with Crippen LogP contribution in [0.5, 0.6) is 0 Å². The van der Waals surface area contributed by atoms with Crippen molar-refractivity contribution >= 4 is 41.0 Å². The molecule has 15 heteroatoms. The number of hydrogen-bond acceptors (Lipinski definition) is 7. The van der Waals surface area contributed by atoms with Crippen LogP contribution in [0.25, 0.3) is 0 Å². The number of nitrogens with zero attached hydrogens (tertiary/aromatic N) is 4. The zero-order chi connectivity index (χ0) is 36.3. The van der Waals surface area contributed by atoms with Crippen molar-refractivity contribution in [1.82, 2.24) is 19.6 Å². The topological polar surface area (TPSA) is 132 Å². The maximum absolute atomic E-state index is 14.0. The zero-order valence-electron chi connectivity index (χ0n) is 28.5. The van der Waals surface area contributed by atoms with Gasteiger partial charge in [-0.05, 0) is 80.8 Å². The highest BCUT2D eigenvalue weighted by atomic mass is 35.5. The fraction of sp³-hybridized carbons (Fsp3) is 0.583. The number of anilines is 2. The third-order valence-corrected chi connectivity index (χ3v) is 11.2. The summed E-state index contributed by atoms with van der Waals surface area (Å²) in [6.07, 6.45) is -1.18. The number of aliphatic hydroxyl groups is 1. The van der Waals surface area contributed by atoms with Gasteiger partial charge in [-0.25, -0.2) is 9.59 Å². The molecule has 4 aliphatic heterocycles. The number of carbonyl (C=O) groups excluding carboxylic acids is 3. The van der Waals surface area contributed by atoms with Crippen LogP contribution in [0.1, 0.15) is 61.6 Å². The van der Waals surface area contributed by atoms with Crippen LogP contribution in [0.15, 0.2) is 36.4 Å². The van der Waals surface area contributed by atoms with Crippen LogP contribution in [0.4, 0.5) is 34.1 Å². The number of nitrogens with two attached hydrogens (primary N) is 1. The number of nitrogens with one attached hydrogen (secondary N) is 1. The first-order valence-corrected chi connectivity index (χ1v) is 18.2. The number of fused-ring (bicyclic) bond motifs is 1. The number of rotatable bonds is 7. The number of carbonyl (C=O) groups is 3. The van der Waals surface area contributed by atoms with E-state index in [0.717, 1.165) is 43.1 Å². The molecule has 0 spiro atoms. The van der Waals surface area contributed by atoms with Crippen molar-refractivity contribution in [2.24, 2.45) is 0 Å². The second-order valence-electron chi connectivity index (χ2n) is 14.0. The highest BCUT2D eigenvalue weighted by Gasteiger charge is 2.39. The number of para-hydroxylation sites is 1. The summed E-state index contributed by atoms with van der Waals surface area (Å²) in [5.41, 5.74) is 5.83. The van der Waals surface area contributed by atoms with Crippen LogP contribution in [-0.2, 0) is 28.5 Å². The number of alkyl halides is 3. The predicted molar refractivity (Wildman–Crippen MR) is 186 cm³/mol. The summed E-state index contributed by atoms with van der Waals surface area (Å²) in [7, 11) is 0. The number of amides is 4. The maximum Gasteiger partial charge on any atom is 0.418 e. The predicted octanol–water partition coefficient (Wildman–Crippen LogP) is 5.38. The van der Waals surface area contributed by atoms with E-state index in [0.29, 0.717) is 51.7 Å². The van der Waals surface area contributed by atoms with Gasteiger partial charge in [-0.2, -0.15) is 13.2 Å². The molecular formula is C36H46ClF3N6O5. The standard InChI is InChI=1S/C36H46ClF3N6O5/c37-29-20-23(19-28(32(29)41)36(38,39)40)21-31(33(48)43-14-9-25(10-15-43)45-13-4-3-6-27(45)22-47)51-35(50)44-16-11-26(12-17-44)46-18-8-24-5-1-2-7-30(24)42-34(46)49/h1-2,5,7,19-20,25-27,31,47H,3-4,6,8-18,21-22,41H2,(H,42,49)/t27-,31+/m0/s1. The minimum atomic E-state index is -4.78. The fourth-order valence-electron chi connectivity index (χ4n) is 8.04. The first kappa shape index (κ1) is 37.0. The minimum Gasteiger partial charge on any atom is -0.436 e. The number of hydrogen-bond donors (Lipinski definition) is 3. The Kier molecular flexibility index (Phi) is 11.5. The number of urea groups is 1. The van der Waals surface area contributed by atoms with Gasteiger partial charge in [0.1, 0.15) is 0 Å². The van der Waals surface area contributed by atoms with E-state index >= 15 is 0 Å². The number of likely N-dealkylation sites (tertiary alicyclic amines) is 3. The minimum absolute atomic E-state index is 0.0635. The molecule has 2 aromatic rings. The average molecular weight is 735 g/mol. The summed E-state index contributed by atoms with van der Waals surface area (Å²) >= 11 is 6.11. The second kappa shape index (κ2) is 15.9. The monoisotopic (exact) mass is 734 g/mol. The van der Waals surface area contributed by atoms with E-state index in [1.165, 1.54) is 11.0 Å². The Hall–Kier alpha value is -3.75. The van der Waals surface area contributed by atoms with Gasteiger partial charge < -0.3 is 35.6 Å². The van der Waals surface area contributed by atoms with Crippen LogP contribution in [-0.4, -0.2) is 113 Å². The molecule has 278 valence electrons. The van der Waals surface area contributed by atoms with E-state index in [-0.39, 0.29) is 60.9 Å². The number of nitrogen functional groups attached to an aromatic ring is 1. The van der Waals surface area contributed by atoms with E-state index in [2.05, 4.69) is 10.2 Å². The van der Waals surface area contributed by atoms with Gasteiger partial charge in [-0.1, -0.05) is 36.2 Å². The van der Waals surface area contributed by atoms with Crippen molar-refractivity contribution < 1.29 is 37.4 Å². The molecule has 3 saturated heterocycles. The van der Waals surface area contributed by atoms with Crippen molar-refractivity contribution in [3.8, 4) is 0 Å². The molecule has 4 N–H and O–H groups in total. The first-order chi connectivity index (χ1) is 24.4. The van der Waals surface area contributed by atoms with Crippen molar-refractivity contribution in [2.75, 3.05) is 56.9 Å². The van der Waals surface area contributed by atoms with Crippen LogP contribution >= 0.6 is 11.6 Å². The number of benzene rings is 2. The van der Waals surface area contributed by atoms with E-state index in [9.17, 15) is 32.7 Å². The quantitative estimate of drug-likeness (QED) is 0.326. The van der Waals surface area contributed by atoms with E-state index < -0.39 is 35.5 Å². The highest BCUT2D eigenvalue weighted by molar-refractivity contribution is 6.33. The van der Waals surface area contributed by atoms with E-state index in [1.807, 2.05) is 24.3 Å². The number of piperidine rings is 3. The van der Waals surface area contributed by atoms with Crippen LogP contribution in [0.3, 0.4) is 0 Å². The molecule has 6 rings (SSSR count). The molecule has 4 aliphatic rings. The molecule has 4 amide bonds. The van der Waals surface area contributed by atoms with Crippen molar-refractivity contribution in [2.45, 2.75) is 88.2 Å². The van der Waals surface area contributed by atoms with Gasteiger partial charge >= 0.3 is 18.3 Å². The van der Waals surface area contributed by atoms with E-state index in [4.69, 9.17) is 22.1 Å². The largest absolute Gasteiger partial charge is 0.436 e. The molecule has 0 saturated carbocycles. The summed E-state index contributed by atoms with van der Waals surface area (Å²) in [6.45, 7) is 2.83. The van der Waals surface area contributed by atoms with Crippen molar-refractivity contribution in [1.29, 1.82) is 0 Å². The summed E-state index contributed by atoms with van der Waals surface area (Å²) < 4.78 is 47.3. The maximum atomic E-state index is 14.0. The third kappa shape index (κ3) is 8.49. The molecular weight excluding hydrogens is 689 g/mol. The molecule has 0 aromatic heterocycles.